The Bertz CT molecular complexity index is 1010. The van der Waals surface area contributed by atoms with Crippen molar-refractivity contribution in [3.63, 3.8) is 0 Å². The number of hydrogen-bond donors (Lipinski definition) is 1. The number of hydrogen-bond acceptors (Lipinski definition) is 6. The summed E-state index contributed by atoms with van der Waals surface area (Å²) in [4.78, 5) is 12.2. The SMILES string of the molecule is CCOc1ccc(S(=O)(=O)NCCn2ccnc2-c2cnccn2)cc1F. The van der Waals surface area contributed by atoms with Gasteiger partial charge in [-0.05, 0) is 25.1 Å². The zero-order valence-corrected chi connectivity index (χ0v) is 15.4. The van der Waals surface area contributed by atoms with E-state index in [0.29, 0.717) is 24.7 Å². The van der Waals surface area contributed by atoms with E-state index >= 15 is 0 Å². The molecule has 0 saturated carbocycles. The number of rotatable bonds is 8. The Kier molecular flexibility index (Phi) is 5.77. The van der Waals surface area contributed by atoms with Crippen LogP contribution in [0.5, 0.6) is 5.75 Å². The molecule has 1 aromatic carbocycles. The standard InChI is InChI=1S/C17H18FN5O3S/c1-2-26-16-4-3-13(11-14(16)18)27(24,25)22-8-10-23-9-7-21-17(23)15-12-19-5-6-20-15/h3-7,9,11-12,22H,2,8,10H2,1H3. The number of imidazole rings is 1. The highest BCUT2D eigenvalue weighted by Gasteiger charge is 2.17. The summed E-state index contributed by atoms with van der Waals surface area (Å²) in [6.45, 7) is 2.43. The molecule has 8 nitrogen and oxygen atoms in total. The first-order valence-corrected chi connectivity index (χ1v) is 9.69. The van der Waals surface area contributed by atoms with E-state index in [2.05, 4.69) is 19.7 Å². The molecule has 142 valence electrons. The number of halogens is 1. The molecule has 2 aromatic heterocycles. The van der Waals surface area contributed by atoms with Crippen LogP contribution in [0.1, 0.15) is 6.92 Å². The van der Waals surface area contributed by atoms with Gasteiger partial charge in [0, 0.05) is 37.9 Å². The van der Waals surface area contributed by atoms with Crippen LogP contribution in [0.15, 0.2) is 54.1 Å². The third-order valence-corrected chi connectivity index (χ3v) is 5.12. The molecule has 2 heterocycles. The van der Waals surface area contributed by atoms with Gasteiger partial charge < -0.3 is 9.30 Å². The van der Waals surface area contributed by atoms with E-state index < -0.39 is 15.8 Å². The lowest BCUT2D eigenvalue weighted by Gasteiger charge is -2.10. The second kappa shape index (κ2) is 8.23. The first-order valence-electron chi connectivity index (χ1n) is 8.21. The van der Waals surface area contributed by atoms with E-state index in [1.54, 1.807) is 42.5 Å². The fourth-order valence-corrected chi connectivity index (χ4v) is 3.48. The van der Waals surface area contributed by atoms with E-state index in [-0.39, 0.29) is 17.2 Å². The monoisotopic (exact) mass is 391 g/mol. The molecule has 1 N–H and O–H groups in total. The minimum Gasteiger partial charge on any atom is -0.491 e. The van der Waals surface area contributed by atoms with Gasteiger partial charge in [-0.15, -0.1) is 0 Å². The number of nitrogens with zero attached hydrogens (tertiary/aromatic N) is 4. The zero-order valence-electron chi connectivity index (χ0n) is 14.5. The third-order valence-electron chi connectivity index (χ3n) is 3.67. The lowest BCUT2D eigenvalue weighted by molar-refractivity contribution is 0.321. The lowest BCUT2D eigenvalue weighted by Crippen LogP contribution is -2.27. The number of nitrogens with one attached hydrogen (secondary N) is 1. The van der Waals surface area contributed by atoms with Gasteiger partial charge in [0.2, 0.25) is 10.0 Å². The minimum atomic E-state index is -3.85. The fraction of sp³-hybridized carbons (Fsp3) is 0.235. The first-order chi connectivity index (χ1) is 13.0. The molecule has 3 rings (SSSR count). The van der Waals surface area contributed by atoms with E-state index in [1.165, 1.54) is 12.1 Å². The summed E-state index contributed by atoms with van der Waals surface area (Å²) < 4.78 is 47.9. The van der Waals surface area contributed by atoms with E-state index in [1.807, 2.05) is 0 Å². The van der Waals surface area contributed by atoms with Crippen LogP contribution < -0.4 is 9.46 Å². The van der Waals surface area contributed by atoms with Crippen LogP contribution >= 0.6 is 0 Å². The van der Waals surface area contributed by atoms with Crippen molar-refractivity contribution >= 4 is 10.0 Å². The number of sulfonamides is 1. The molecule has 0 aliphatic carbocycles. The van der Waals surface area contributed by atoms with Crippen LogP contribution in [0.3, 0.4) is 0 Å². The van der Waals surface area contributed by atoms with Crippen LogP contribution in [0, 0.1) is 5.82 Å². The molecule has 0 amide bonds. The van der Waals surface area contributed by atoms with Gasteiger partial charge in [-0.3, -0.25) is 4.98 Å². The Balaban J connectivity index is 1.67. The minimum absolute atomic E-state index is 0.0171. The molecule has 0 bridgehead atoms. The van der Waals surface area contributed by atoms with Crippen molar-refractivity contribution in [2.45, 2.75) is 18.4 Å². The maximum atomic E-state index is 13.9. The normalized spacial score (nSPS) is 11.5. The molecule has 0 spiro atoms. The van der Waals surface area contributed by atoms with Crippen molar-refractivity contribution in [1.29, 1.82) is 0 Å². The molecule has 0 saturated heterocycles. The van der Waals surface area contributed by atoms with Gasteiger partial charge in [-0.2, -0.15) is 0 Å². The quantitative estimate of drug-likeness (QED) is 0.629. The van der Waals surface area contributed by atoms with Gasteiger partial charge >= 0.3 is 0 Å². The lowest BCUT2D eigenvalue weighted by atomic mass is 10.3. The Labute approximate surface area is 156 Å². The van der Waals surface area contributed by atoms with Crippen LogP contribution in [-0.4, -0.2) is 41.1 Å². The van der Waals surface area contributed by atoms with Crippen LogP contribution in [-0.2, 0) is 16.6 Å². The number of ether oxygens (including phenoxy) is 1. The highest BCUT2D eigenvalue weighted by molar-refractivity contribution is 7.89. The fourth-order valence-electron chi connectivity index (χ4n) is 2.44. The van der Waals surface area contributed by atoms with Crippen molar-refractivity contribution in [3.05, 3.63) is 55.0 Å². The van der Waals surface area contributed by atoms with Crippen molar-refractivity contribution < 1.29 is 17.5 Å². The summed E-state index contributed by atoms with van der Waals surface area (Å²) in [6.07, 6.45) is 8.00. The Morgan fingerprint density at radius 1 is 1.22 bits per heavy atom. The first kappa shape index (κ1) is 18.9. The molecule has 10 heteroatoms. The predicted molar refractivity (Wildman–Crippen MR) is 96.0 cm³/mol. The highest BCUT2D eigenvalue weighted by atomic mass is 32.2. The smallest absolute Gasteiger partial charge is 0.240 e. The van der Waals surface area contributed by atoms with Gasteiger partial charge in [-0.25, -0.2) is 27.5 Å². The Hall–Kier alpha value is -2.85. The van der Waals surface area contributed by atoms with Gasteiger partial charge in [0.15, 0.2) is 17.4 Å². The summed E-state index contributed by atoms with van der Waals surface area (Å²) in [5.41, 5.74) is 0.582. The molecular formula is C17H18FN5O3S. The summed E-state index contributed by atoms with van der Waals surface area (Å²) in [7, 11) is -3.85. The molecule has 3 aromatic rings. The van der Waals surface area contributed by atoms with Gasteiger partial charge in [0.05, 0.1) is 17.7 Å². The van der Waals surface area contributed by atoms with Crippen molar-refractivity contribution in [1.82, 2.24) is 24.2 Å². The van der Waals surface area contributed by atoms with Crippen LogP contribution in [0.2, 0.25) is 0 Å². The Morgan fingerprint density at radius 3 is 2.78 bits per heavy atom. The van der Waals surface area contributed by atoms with Crippen molar-refractivity contribution in [3.8, 4) is 17.3 Å². The number of benzene rings is 1. The van der Waals surface area contributed by atoms with E-state index in [9.17, 15) is 12.8 Å². The maximum Gasteiger partial charge on any atom is 0.240 e. The van der Waals surface area contributed by atoms with Gasteiger partial charge in [-0.1, -0.05) is 0 Å². The summed E-state index contributed by atoms with van der Waals surface area (Å²) in [5.74, 6) is -0.128. The van der Waals surface area contributed by atoms with Crippen LogP contribution in [0.25, 0.3) is 11.5 Å². The van der Waals surface area contributed by atoms with Gasteiger partial charge in [0.25, 0.3) is 0 Å². The summed E-state index contributed by atoms with van der Waals surface area (Å²) in [5, 5.41) is 0. The predicted octanol–water partition coefficient (Wildman–Crippen LogP) is 1.86. The Morgan fingerprint density at radius 2 is 2.07 bits per heavy atom. The molecule has 0 aliphatic heterocycles. The average molecular weight is 391 g/mol. The topological polar surface area (TPSA) is 99.0 Å². The van der Waals surface area contributed by atoms with Gasteiger partial charge in [0.1, 0.15) is 5.69 Å². The molecule has 0 fully saturated rings. The molecular weight excluding hydrogens is 373 g/mol. The third kappa shape index (κ3) is 4.47. The number of aromatic nitrogens is 4. The molecule has 0 unspecified atom stereocenters. The van der Waals surface area contributed by atoms with E-state index in [4.69, 9.17) is 4.74 Å². The highest BCUT2D eigenvalue weighted by Crippen LogP contribution is 2.21. The summed E-state index contributed by atoms with van der Waals surface area (Å²) >= 11 is 0. The van der Waals surface area contributed by atoms with E-state index in [0.717, 1.165) is 6.07 Å². The molecule has 27 heavy (non-hydrogen) atoms. The average Bonchev–Trinajstić information content (AvgIpc) is 3.12. The molecule has 0 aliphatic rings. The molecule has 0 atom stereocenters. The zero-order chi connectivity index (χ0) is 19.3. The van der Waals surface area contributed by atoms with Crippen molar-refractivity contribution in [2.24, 2.45) is 0 Å². The second-order valence-electron chi connectivity index (χ2n) is 5.46. The molecule has 0 radical (unpaired) electrons. The largest absolute Gasteiger partial charge is 0.491 e. The second-order valence-corrected chi connectivity index (χ2v) is 7.22. The summed E-state index contributed by atoms with van der Waals surface area (Å²) in [6, 6.07) is 3.55. The maximum absolute atomic E-state index is 13.9. The van der Waals surface area contributed by atoms with Crippen LogP contribution in [0.4, 0.5) is 4.39 Å². The van der Waals surface area contributed by atoms with Crippen molar-refractivity contribution in [2.75, 3.05) is 13.2 Å².